The van der Waals surface area contributed by atoms with Gasteiger partial charge in [0.05, 0.1) is 25.3 Å². The van der Waals surface area contributed by atoms with Crippen LogP contribution in [-0.2, 0) is 17.8 Å². The van der Waals surface area contributed by atoms with Gasteiger partial charge in [-0.05, 0) is 48.7 Å². The number of hydrogen-bond donors (Lipinski definition) is 2. The summed E-state index contributed by atoms with van der Waals surface area (Å²) in [5, 5.41) is 15.7. The molecule has 0 radical (unpaired) electrons. The van der Waals surface area contributed by atoms with Gasteiger partial charge in [0.1, 0.15) is 5.75 Å². The fourth-order valence-corrected chi connectivity index (χ4v) is 2.54. The van der Waals surface area contributed by atoms with Gasteiger partial charge in [-0.1, -0.05) is 24.3 Å². The van der Waals surface area contributed by atoms with Crippen molar-refractivity contribution in [2.75, 3.05) is 26.9 Å². The van der Waals surface area contributed by atoms with Crippen LogP contribution in [0.15, 0.2) is 53.5 Å². The predicted molar refractivity (Wildman–Crippen MR) is 111 cm³/mol. The molecule has 2 aromatic carbocycles. The molecule has 148 valence electrons. The van der Waals surface area contributed by atoms with Crippen molar-refractivity contribution in [1.82, 2.24) is 10.6 Å². The minimum absolute atomic E-state index is 0.499. The Balaban J connectivity index is 1.96. The zero-order valence-corrected chi connectivity index (χ0v) is 16.6. The molecule has 28 heavy (non-hydrogen) atoms. The van der Waals surface area contributed by atoms with Crippen molar-refractivity contribution in [1.29, 1.82) is 5.26 Å². The highest BCUT2D eigenvalue weighted by molar-refractivity contribution is 5.79. The Morgan fingerprint density at radius 3 is 2.64 bits per heavy atom. The maximum absolute atomic E-state index is 9.04. The summed E-state index contributed by atoms with van der Waals surface area (Å²) in [6, 6.07) is 17.6. The normalized spacial score (nSPS) is 11.0. The third-order valence-electron chi connectivity index (χ3n) is 4.06. The summed E-state index contributed by atoms with van der Waals surface area (Å²) in [6.07, 6.45) is 0.904. The van der Waals surface area contributed by atoms with E-state index in [2.05, 4.69) is 21.7 Å². The van der Waals surface area contributed by atoms with Gasteiger partial charge in [-0.25, -0.2) is 4.99 Å². The minimum Gasteiger partial charge on any atom is -0.497 e. The number of benzene rings is 2. The lowest BCUT2D eigenvalue weighted by Crippen LogP contribution is -2.37. The van der Waals surface area contributed by atoms with Crippen LogP contribution in [0.25, 0.3) is 0 Å². The van der Waals surface area contributed by atoms with Gasteiger partial charge < -0.3 is 20.1 Å². The first kappa shape index (κ1) is 21.3. The van der Waals surface area contributed by atoms with Crippen LogP contribution in [-0.4, -0.2) is 32.8 Å². The van der Waals surface area contributed by atoms with Gasteiger partial charge in [0, 0.05) is 26.3 Å². The predicted octanol–water partition coefficient (Wildman–Crippen LogP) is 3.23. The van der Waals surface area contributed by atoms with E-state index in [1.54, 1.807) is 13.2 Å². The maximum Gasteiger partial charge on any atom is 0.191 e. The first-order valence-corrected chi connectivity index (χ1v) is 9.47. The molecule has 0 saturated heterocycles. The number of rotatable bonds is 10. The molecule has 0 unspecified atom stereocenters. The molecule has 2 rings (SSSR count). The second-order valence-electron chi connectivity index (χ2n) is 6.16. The van der Waals surface area contributed by atoms with Crippen LogP contribution in [0.4, 0.5) is 0 Å². The van der Waals surface area contributed by atoms with Crippen molar-refractivity contribution in [3.05, 3.63) is 65.2 Å². The van der Waals surface area contributed by atoms with Crippen molar-refractivity contribution >= 4 is 5.96 Å². The number of hydrogen-bond acceptors (Lipinski definition) is 4. The van der Waals surface area contributed by atoms with Crippen LogP contribution in [0.1, 0.15) is 30.0 Å². The highest BCUT2D eigenvalue weighted by atomic mass is 16.5. The fraction of sp³-hybridized carbons (Fsp3) is 0.364. The smallest absolute Gasteiger partial charge is 0.191 e. The fourth-order valence-electron chi connectivity index (χ4n) is 2.54. The van der Waals surface area contributed by atoms with E-state index >= 15 is 0 Å². The van der Waals surface area contributed by atoms with Crippen molar-refractivity contribution in [2.45, 2.75) is 26.4 Å². The lowest BCUT2D eigenvalue weighted by atomic mass is 10.1. The Bertz CT molecular complexity index is 782. The Morgan fingerprint density at radius 1 is 1.11 bits per heavy atom. The van der Waals surface area contributed by atoms with Gasteiger partial charge in [-0.15, -0.1) is 0 Å². The number of methoxy groups -OCH3 is 1. The summed E-state index contributed by atoms with van der Waals surface area (Å²) < 4.78 is 10.6. The van der Waals surface area contributed by atoms with Gasteiger partial charge in [-0.2, -0.15) is 5.26 Å². The van der Waals surface area contributed by atoms with Gasteiger partial charge in [0.2, 0.25) is 0 Å². The van der Waals surface area contributed by atoms with Gasteiger partial charge in [0.25, 0.3) is 0 Å². The topological polar surface area (TPSA) is 78.7 Å². The van der Waals surface area contributed by atoms with E-state index in [-0.39, 0.29) is 0 Å². The summed E-state index contributed by atoms with van der Waals surface area (Å²) in [7, 11) is 1.66. The average Bonchev–Trinajstić information content (AvgIpc) is 2.75. The van der Waals surface area contributed by atoms with Crippen molar-refractivity contribution in [2.24, 2.45) is 4.99 Å². The lowest BCUT2D eigenvalue weighted by molar-refractivity contribution is 0.145. The summed E-state index contributed by atoms with van der Waals surface area (Å²) in [4.78, 5) is 4.66. The molecule has 0 atom stereocenters. The number of aliphatic imine (C=N–C) groups is 1. The second kappa shape index (κ2) is 12.4. The van der Waals surface area contributed by atoms with E-state index in [0.717, 1.165) is 49.0 Å². The maximum atomic E-state index is 9.04. The molecular weight excluding hydrogens is 352 g/mol. The molecule has 0 amide bonds. The molecule has 0 fully saturated rings. The zero-order valence-electron chi connectivity index (χ0n) is 16.6. The quantitative estimate of drug-likeness (QED) is 0.376. The number of guanidine groups is 1. The van der Waals surface area contributed by atoms with Crippen LogP contribution in [0.2, 0.25) is 0 Å². The van der Waals surface area contributed by atoms with Gasteiger partial charge >= 0.3 is 0 Å². The Hall–Kier alpha value is -3.04. The SMILES string of the molecule is CCOCCCNC(=NCc1cccc(C#N)c1)NCc1ccc(OC)cc1. The monoisotopic (exact) mass is 380 g/mol. The molecule has 2 aromatic rings. The van der Waals surface area contributed by atoms with E-state index in [1.165, 1.54) is 0 Å². The first-order valence-electron chi connectivity index (χ1n) is 9.47. The van der Waals surface area contributed by atoms with E-state index in [0.29, 0.717) is 18.7 Å². The Morgan fingerprint density at radius 2 is 1.93 bits per heavy atom. The average molecular weight is 380 g/mol. The first-order chi connectivity index (χ1) is 13.7. The molecule has 2 N–H and O–H groups in total. The molecule has 0 aliphatic carbocycles. The van der Waals surface area contributed by atoms with Gasteiger partial charge in [-0.3, -0.25) is 0 Å². The van der Waals surface area contributed by atoms with Crippen LogP contribution < -0.4 is 15.4 Å². The molecule has 0 aliphatic rings. The highest BCUT2D eigenvalue weighted by Crippen LogP contribution is 2.11. The molecule has 6 heteroatoms. The zero-order chi connectivity index (χ0) is 20.0. The molecule has 0 spiro atoms. The van der Waals surface area contributed by atoms with Crippen molar-refractivity contribution < 1.29 is 9.47 Å². The molecule has 0 heterocycles. The van der Waals surface area contributed by atoms with Crippen LogP contribution in [0, 0.1) is 11.3 Å². The van der Waals surface area contributed by atoms with Crippen LogP contribution >= 0.6 is 0 Å². The van der Waals surface area contributed by atoms with E-state index in [4.69, 9.17) is 14.7 Å². The van der Waals surface area contributed by atoms with Gasteiger partial charge in [0.15, 0.2) is 5.96 Å². The number of nitrogens with zero attached hydrogens (tertiary/aromatic N) is 2. The summed E-state index contributed by atoms with van der Waals surface area (Å²) >= 11 is 0. The molecule has 0 aromatic heterocycles. The van der Waals surface area contributed by atoms with E-state index in [1.807, 2.05) is 49.4 Å². The standard InChI is InChI=1S/C22H28N4O2/c1-3-28-13-5-12-24-22(25-16-18-8-10-21(27-2)11-9-18)26-17-20-7-4-6-19(14-20)15-23/h4,6-11,14H,3,5,12-13,16-17H2,1-2H3,(H2,24,25,26). The highest BCUT2D eigenvalue weighted by Gasteiger charge is 2.01. The number of nitrogens with one attached hydrogen (secondary N) is 2. The van der Waals surface area contributed by atoms with E-state index < -0.39 is 0 Å². The van der Waals surface area contributed by atoms with Crippen LogP contribution in [0.5, 0.6) is 5.75 Å². The third kappa shape index (κ3) is 7.68. The molecule has 0 aliphatic heterocycles. The molecule has 0 bridgehead atoms. The minimum atomic E-state index is 0.499. The number of ether oxygens (including phenoxy) is 2. The lowest BCUT2D eigenvalue weighted by Gasteiger charge is -2.13. The molecule has 6 nitrogen and oxygen atoms in total. The number of nitriles is 1. The second-order valence-corrected chi connectivity index (χ2v) is 6.16. The van der Waals surface area contributed by atoms with Crippen molar-refractivity contribution in [3.8, 4) is 11.8 Å². The molecular formula is C22H28N4O2. The third-order valence-corrected chi connectivity index (χ3v) is 4.06. The Labute approximate surface area is 167 Å². The summed E-state index contributed by atoms with van der Waals surface area (Å²) in [6.45, 7) is 5.36. The van der Waals surface area contributed by atoms with E-state index in [9.17, 15) is 0 Å². The summed E-state index contributed by atoms with van der Waals surface area (Å²) in [5.74, 6) is 1.57. The van der Waals surface area contributed by atoms with Crippen LogP contribution in [0.3, 0.4) is 0 Å². The Kier molecular flexibility index (Phi) is 9.39. The largest absolute Gasteiger partial charge is 0.497 e. The summed E-state index contributed by atoms with van der Waals surface area (Å²) in [5.41, 5.74) is 2.78. The van der Waals surface area contributed by atoms with Crippen molar-refractivity contribution in [3.63, 3.8) is 0 Å². The molecule has 0 saturated carbocycles.